The van der Waals surface area contributed by atoms with Crippen molar-refractivity contribution in [3.8, 4) is 0 Å². The molecule has 0 fully saturated rings. The number of nitrogens with two attached hydrogens (primary N) is 2. The molecule has 1 amide bonds. The third kappa shape index (κ3) is 3.19. The molecule has 0 radical (unpaired) electrons. The number of carbonyl (C=O) groups is 1. The van der Waals surface area contributed by atoms with Crippen molar-refractivity contribution < 1.29 is 4.79 Å². The first kappa shape index (κ1) is 14.1. The molecule has 1 unspecified atom stereocenters. The van der Waals surface area contributed by atoms with Gasteiger partial charge in [-0.05, 0) is 30.7 Å². The number of anilines is 2. The Morgan fingerprint density at radius 3 is 2.80 bits per heavy atom. The molecule has 0 spiro atoms. The summed E-state index contributed by atoms with van der Waals surface area (Å²) in [7, 11) is 0. The van der Waals surface area contributed by atoms with Crippen LogP contribution in [0.2, 0.25) is 5.02 Å². The van der Waals surface area contributed by atoms with Crippen LogP contribution in [-0.4, -0.2) is 10.9 Å². The Morgan fingerprint density at radius 1 is 1.40 bits per heavy atom. The Kier molecular flexibility index (Phi) is 4.10. The minimum Gasteiger partial charge on any atom is -0.397 e. The zero-order valence-electron chi connectivity index (χ0n) is 10.9. The van der Waals surface area contributed by atoms with Gasteiger partial charge in [-0.2, -0.15) is 0 Å². The molecule has 0 aliphatic rings. The van der Waals surface area contributed by atoms with E-state index < -0.39 is 5.91 Å². The van der Waals surface area contributed by atoms with Gasteiger partial charge in [0.25, 0.3) is 5.91 Å². The van der Waals surface area contributed by atoms with Crippen molar-refractivity contribution in [1.82, 2.24) is 4.98 Å². The van der Waals surface area contributed by atoms with Gasteiger partial charge >= 0.3 is 0 Å². The predicted molar refractivity (Wildman–Crippen MR) is 80.7 cm³/mol. The lowest BCUT2D eigenvalue weighted by Gasteiger charge is -2.16. The summed E-state index contributed by atoms with van der Waals surface area (Å²) in [6.07, 6.45) is 1.41. The monoisotopic (exact) mass is 290 g/mol. The van der Waals surface area contributed by atoms with Crippen LogP contribution in [-0.2, 0) is 0 Å². The van der Waals surface area contributed by atoms with E-state index in [-0.39, 0.29) is 17.3 Å². The summed E-state index contributed by atoms with van der Waals surface area (Å²) >= 11 is 5.96. The molecular weight excluding hydrogens is 276 g/mol. The van der Waals surface area contributed by atoms with Gasteiger partial charge < -0.3 is 16.8 Å². The van der Waals surface area contributed by atoms with E-state index in [2.05, 4.69) is 10.3 Å². The van der Waals surface area contributed by atoms with Gasteiger partial charge in [0, 0.05) is 11.1 Å². The summed E-state index contributed by atoms with van der Waals surface area (Å²) in [5.41, 5.74) is 12.4. The van der Waals surface area contributed by atoms with Crippen molar-refractivity contribution in [2.24, 2.45) is 5.73 Å². The molecule has 0 saturated carbocycles. The molecule has 5 nitrogen and oxygen atoms in total. The molecule has 6 heteroatoms. The van der Waals surface area contributed by atoms with Crippen molar-refractivity contribution >= 4 is 29.0 Å². The maximum atomic E-state index is 11.2. The van der Waals surface area contributed by atoms with E-state index >= 15 is 0 Å². The molecule has 0 saturated heterocycles. The summed E-state index contributed by atoms with van der Waals surface area (Å²) in [4.78, 5) is 15.4. The molecule has 1 aromatic carbocycles. The van der Waals surface area contributed by atoms with Crippen molar-refractivity contribution in [2.45, 2.75) is 13.0 Å². The highest BCUT2D eigenvalue weighted by atomic mass is 35.5. The van der Waals surface area contributed by atoms with Crippen LogP contribution in [0, 0.1) is 0 Å². The topological polar surface area (TPSA) is 94.0 Å². The normalized spacial score (nSPS) is 11.9. The molecule has 0 aliphatic carbocycles. The van der Waals surface area contributed by atoms with Crippen LogP contribution in [0.1, 0.15) is 28.9 Å². The first-order chi connectivity index (χ1) is 9.47. The summed E-state index contributed by atoms with van der Waals surface area (Å²) in [5, 5.41) is 3.84. The second kappa shape index (κ2) is 5.79. The molecular formula is C14H15ClN4O. The van der Waals surface area contributed by atoms with E-state index in [0.29, 0.717) is 10.8 Å². The van der Waals surface area contributed by atoms with Crippen LogP contribution in [0.3, 0.4) is 0 Å². The number of aromatic nitrogens is 1. The summed E-state index contributed by atoms with van der Waals surface area (Å²) in [5.74, 6) is -0.0520. The number of rotatable bonds is 4. The molecule has 2 rings (SSSR count). The molecule has 1 heterocycles. The number of nitrogens with zero attached hydrogens (tertiary/aromatic N) is 1. The number of nitrogen functional groups attached to an aromatic ring is 1. The number of primary amides is 1. The predicted octanol–water partition coefficient (Wildman–Crippen LogP) is 2.59. The number of hydrogen-bond acceptors (Lipinski definition) is 4. The Hall–Kier alpha value is -2.27. The lowest BCUT2D eigenvalue weighted by Crippen LogP contribution is -2.15. The first-order valence-electron chi connectivity index (χ1n) is 6.04. The number of carbonyl (C=O) groups excluding carboxylic acids is 1. The highest BCUT2D eigenvalue weighted by molar-refractivity contribution is 6.30. The maximum Gasteiger partial charge on any atom is 0.250 e. The van der Waals surface area contributed by atoms with E-state index in [1.54, 1.807) is 6.07 Å². The van der Waals surface area contributed by atoms with Gasteiger partial charge in [-0.25, -0.2) is 4.98 Å². The SMILES string of the molecule is CC(Nc1cc(C(N)=O)c(N)cn1)c1cccc(Cl)c1. The molecule has 2 aromatic rings. The van der Waals surface area contributed by atoms with Crippen molar-refractivity contribution in [2.75, 3.05) is 11.1 Å². The molecule has 1 aromatic heterocycles. The summed E-state index contributed by atoms with van der Waals surface area (Å²) < 4.78 is 0. The van der Waals surface area contributed by atoms with Crippen LogP contribution >= 0.6 is 11.6 Å². The molecule has 5 N–H and O–H groups in total. The van der Waals surface area contributed by atoms with Crippen molar-refractivity contribution in [3.05, 3.63) is 52.7 Å². The zero-order chi connectivity index (χ0) is 14.7. The average Bonchev–Trinajstić information content (AvgIpc) is 2.40. The van der Waals surface area contributed by atoms with Crippen molar-refractivity contribution in [3.63, 3.8) is 0 Å². The van der Waals surface area contributed by atoms with Crippen LogP contribution in [0.15, 0.2) is 36.5 Å². The van der Waals surface area contributed by atoms with E-state index in [9.17, 15) is 4.79 Å². The highest BCUT2D eigenvalue weighted by Crippen LogP contribution is 2.22. The highest BCUT2D eigenvalue weighted by Gasteiger charge is 2.11. The fraction of sp³-hybridized carbons (Fsp3) is 0.143. The van der Waals surface area contributed by atoms with Crippen LogP contribution in [0.5, 0.6) is 0 Å². The minimum atomic E-state index is -0.580. The fourth-order valence-corrected chi connectivity index (χ4v) is 2.04. The maximum absolute atomic E-state index is 11.2. The van der Waals surface area contributed by atoms with Gasteiger partial charge in [-0.3, -0.25) is 4.79 Å². The number of nitrogens with one attached hydrogen (secondary N) is 1. The number of amides is 1. The van der Waals surface area contributed by atoms with Gasteiger partial charge in [0.1, 0.15) is 5.82 Å². The number of benzene rings is 1. The summed E-state index contributed by atoms with van der Waals surface area (Å²) in [6.45, 7) is 1.97. The lowest BCUT2D eigenvalue weighted by atomic mass is 10.1. The standard InChI is InChI=1S/C14H15ClN4O/c1-8(9-3-2-4-10(15)5-9)19-13-6-11(14(17)20)12(16)7-18-13/h2-8H,16H2,1H3,(H2,17,20)(H,18,19). The third-order valence-corrected chi connectivity index (χ3v) is 3.15. The molecule has 104 valence electrons. The fourth-order valence-electron chi connectivity index (χ4n) is 1.84. The molecule has 20 heavy (non-hydrogen) atoms. The molecule has 0 bridgehead atoms. The van der Waals surface area contributed by atoms with Crippen LogP contribution in [0.4, 0.5) is 11.5 Å². The Bertz CT molecular complexity index is 645. The van der Waals surface area contributed by atoms with Gasteiger partial charge in [0.05, 0.1) is 17.4 Å². The smallest absolute Gasteiger partial charge is 0.250 e. The van der Waals surface area contributed by atoms with E-state index in [1.165, 1.54) is 6.20 Å². The number of halogens is 1. The van der Waals surface area contributed by atoms with Gasteiger partial charge in [-0.15, -0.1) is 0 Å². The van der Waals surface area contributed by atoms with E-state index in [1.807, 2.05) is 31.2 Å². The first-order valence-corrected chi connectivity index (χ1v) is 6.42. The quantitative estimate of drug-likeness (QED) is 0.806. The van der Waals surface area contributed by atoms with E-state index in [0.717, 1.165) is 5.56 Å². The number of pyridine rings is 1. The average molecular weight is 291 g/mol. The van der Waals surface area contributed by atoms with Crippen LogP contribution in [0.25, 0.3) is 0 Å². The van der Waals surface area contributed by atoms with Crippen LogP contribution < -0.4 is 16.8 Å². The minimum absolute atomic E-state index is 0.0226. The van der Waals surface area contributed by atoms with Gasteiger partial charge in [0.15, 0.2) is 0 Å². The van der Waals surface area contributed by atoms with Gasteiger partial charge in [0.2, 0.25) is 0 Å². The molecule has 1 atom stereocenters. The van der Waals surface area contributed by atoms with Crippen molar-refractivity contribution in [1.29, 1.82) is 0 Å². The van der Waals surface area contributed by atoms with E-state index in [4.69, 9.17) is 23.1 Å². The second-order valence-electron chi connectivity index (χ2n) is 4.44. The van der Waals surface area contributed by atoms with Gasteiger partial charge in [-0.1, -0.05) is 23.7 Å². The molecule has 0 aliphatic heterocycles. The number of hydrogen-bond donors (Lipinski definition) is 3. The lowest BCUT2D eigenvalue weighted by molar-refractivity contribution is 0.100. The zero-order valence-corrected chi connectivity index (χ0v) is 11.7. The Morgan fingerprint density at radius 2 is 2.15 bits per heavy atom. The third-order valence-electron chi connectivity index (χ3n) is 2.91. The second-order valence-corrected chi connectivity index (χ2v) is 4.88. The Labute approximate surface area is 121 Å². The largest absolute Gasteiger partial charge is 0.397 e. The summed E-state index contributed by atoms with van der Waals surface area (Å²) in [6, 6.07) is 9.02. The Balaban J connectivity index is 2.22.